The van der Waals surface area contributed by atoms with Crippen molar-refractivity contribution < 1.29 is 22.4 Å². The van der Waals surface area contributed by atoms with Gasteiger partial charge in [0, 0.05) is 22.6 Å². The summed E-state index contributed by atoms with van der Waals surface area (Å²) >= 11 is 18.5. The molecule has 0 heterocycles. The Balaban J connectivity index is 2.10. The average Bonchev–Trinajstić information content (AvgIpc) is 2.94. The second-order valence-corrected chi connectivity index (χ2v) is 12.5. The quantitative estimate of drug-likeness (QED) is 0.238. The van der Waals surface area contributed by atoms with Gasteiger partial charge in [0.2, 0.25) is 11.8 Å². The number of benzene rings is 3. The fraction of sp³-hybridized carbons (Fsp3) is 0.310. The Morgan fingerprint density at radius 2 is 1.61 bits per heavy atom. The topological polar surface area (TPSA) is 86.8 Å². The van der Waals surface area contributed by atoms with Crippen molar-refractivity contribution in [2.45, 2.75) is 57.1 Å². The minimum Gasteiger partial charge on any atom is -0.352 e. The van der Waals surface area contributed by atoms with Crippen molar-refractivity contribution >= 4 is 62.3 Å². The number of anilines is 1. The predicted molar refractivity (Wildman–Crippen MR) is 161 cm³/mol. The zero-order valence-electron chi connectivity index (χ0n) is 22.8. The molecule has 220 valence electrons. The summed E-state index contributed by atoms with van der Waals surface area (Å²) in [6, 6.07) is 14.6. The van der Waals surface area contributed by atoms with Gasteiger partial charge < -0.3 is 10.2 Å². The fourth-order valence-electron chi connectivity index (χ4n) is 4.08. The fourth-order valence-corrected chi connectivity index (χ4v) is 6.15. The number of hydrogen-bond acceptors (Lipinski definition) is 4. The number of sulfonamides is 1. The summed E-state index contributed by atoms with van der Waals surface area (Å²) in [5.74, 6) is -1.81. The van der Waals surface area contributed by atoms with E-state index in [0.29, 0.717) is 17.0 Å². The number of rotatable bonds is 12. The molecule has 0 saturated carbocycles. The summed E-state index contributed by atoms with van der Waals surface area (Å²) in [6.07, 6.45) is 0.917. The lowest BCUT2D eigenvalue weighted by atomic mass is 10.1. The van der Waals surface area contributed by atoms with Crippen LogP contribution >= 0.6 is 34.8 Å². The maximum Gasteiger partial charge on any atom is 0.264 e. The highest BCUT2D eigenvalue weighted by Gasteiger charge is 2.34. The third-order valence-corrected chi connectivity index (χ3v) is 9.21. The van der Waals surface area contributed by atoms with Crippen LogP contribution in [0.4, 0.5) is 10.1 Å². The lowest BCUT2D eigenvalue weighted by Gasteiger charge is -2.34. The van der Waals surface area contributed by atoms with Crippen molar-refractivity contribution in [3.05, 3.63) is 93.2 Å². The number of carbonyl (C=O) groups is 2. The Morgan fingerprint density at radius 1 is 0.927 bits per heavy atom. The highest BCUT2D eigenvalue weighted by Crippen LogP contribution is 2.29. The van der Waals surface area contributed by atoms with E-state index in [1.807, 2.05) is 13.8 Å². The van der Waals surface area contributed by atoms with Crippen molar-refractivity contribution in [1.29, 1.82) is 0 Å². The molecule has 0 bridgehead atoms. The van der Waals surface area contributed by atoms with Crippen LogP contribution in [0.5, 0.6) is 0 Å². The van der Waals surface area contributed by atoms with Gasteiger partial charge in [-0.1, -0.05) is 72.9 Å². The van der Waals surface area contributed by atoms with E-state index in [4.69, 9.17) is 34.8 Å². The zero-order valence-corrected chi connectivity index (χ0v) is 25.9. The minimum absolute atomic E-state index is 0.0183. The van der Waals surface area contributed by atoms with Crippen LogP contribution in [-0.4, -0.2) is 43.8 Å². The number of halogens is 4. The van der Waals surface area contributed by atoms with E-state index in [-0.39, 0.29) is 45.5 Å². The first-order valence-corrected chi connectivity index (χ1v) is 15.5. The van der Waals surface area contributed by atoms with Crippen molar-refractivity contribution in [2.75, 3.05) is 10.8 Å². The summed E-state index contributed by atoms with van der Waals surface area (Å²) in [7, 11) is -4.31. The molecule has 3 aromatic rings. The van der Waals surface area contributed by atoms with Gasteiger partial charge in [0.05, 0.1) is 15.6 Å². The molecule has 3 aromatic carbocycles. The van der Waals surface area contributed by atoms with Gasteiger partial charge in [0.25, 0.3) is 10.0 Å². The highest BCUT2D eigenvalue weighted by molar-refractivity contribution is 7.92. The van der Waals surface area contributed by atoms with Gasteiger partial charge in [0.1, 0.15) is 18.4 Å². The second kappa shape index (κ2) is 14.4. The van der Waals surface area contributed by atoms with Gasteiger partial charge in [-0.05, 0) is 67.8 Å². The number of nitrogens with one attached hydrogen (secondary N) is 1. The molecule has 2 atom stereocenters. The van der Waals surface area contributed by atoms with Crippen LogP contribution in [0.3, 0.4) is 0 Å². The molecular formula is C29H31Cl3FN3O4S. The van der Waals surface area contributed by atoms with E-state index >= 15 is 0 Å². The largest absolute Gasteiger partial charge is 0.352 e. The second-order valence-electron chi connectivity index (χ2n) is 9.42. The van der Waals surface area contributed by atoms with Crippen molar-refractivity contribution in [2.24, 2.45) is 0 Å². The zero-order chi connectivity index (χ0) is 30.3. The molecule has 12 heteroatoms. The molecule has 0 aliphatic carbocycles. The average molecular weight is 643 g/mol. The first-order valence-electron chi connectivity index (χ1n) is 13.0. The molecule has 0 saturated heterocycles. The Bertz CT molecular complexity index is 1490. The molecule has 0 spiro atoms. The molecule has 0 radical (unpaired) electrons. The molecule has 0 fully saturated rings. The van der Waals surface area contributed by atoms with Gasteiger partial charge in [-0.2, -0.15) is 0 Å². The Morgan fingerprint density at radius 3 is 2.20 bits per heavy atom. The van der Waals surface area contributed by atoms with E-state index in [1.165, 1.54) is 29.2 Å². The first kappa shape index (κ1) is 32.7. The SMILES string of the molecule is CC[C@@H](C)NC(=O)[C@H](CC)N(Cc1ccc(Cl)cc1Cl)C(=O)CN(c1ccc(F)c(Cl)c1)S(=O)(=O)c1ccccc1. The van der Waals surface area contributed by atoms with Gasteiger partial charge in [0.15, 0.2) is 0 Å². The lowest BCUT2D eigenvalue weighted by Crippen LogP contribution is -2.53. The molecule has 0 aromatic heterocycles. The molecular weight excluding hydrogens is 612 g/mol. The third kappa shape index (κ3) is 8.13. The highest BCUT2D eigenvalue weighted by atomic mass is 35.5. The van der Waals surface area contributed by atoms with Crippen molar-refractivity contribution in [1.82, 2.24) is 10.2 Å². The summed E-state index contributed by atoms with van der Waals surface area (Å²) in [5, 5.41) is 3.27. The van der Waals surface area contributed by atoms with Gasteiger partial charge >= 0.3 is 0 Å². The minimum atomic E-state index is -4.31. The third-order valence-electron chi connectivity index (χ3n) is 6.54. The van der Waals surface area contributed by atoms with Crippen molar-refractivity contribution in [3.63, 3.8) is 0 Å². The first-order chi connectivity index (χ1) is 19.4. The van der Waals surface area contributed by atoms with E-state index in [1.54, 1.807) is 37.3 Å². The van der Waals surface area contributed by atoms with Crippen LogP contribution in [-0.2, 0) is 26.2 Å². The molecule has 0 aliphatic rings. The van der Waals surface area contributed by atoms with E-state index < -0.39 is 34.3 Å². The summed E-state index contributed by atoms with van der Waals surface area (Å²) in [5.41, 5.74) is 0.497. The molecule has 2 amide bonds. The molecule has 0 unspecified atom stereocenters. The molecule has 1 N–H and O–H groups in total. The van der Waals surface area contributed by atoms with Gasteiger partial charge in [-0.3, -0.25) is 13.9 Å². The van der Waals surface area contributed by atoms with E-state index in [9.17, 15) is 22.4 Å². The van der Waals surface area contributed by atoms with Gasteiger partial charge in [-0.15, -0.1) is 0 Å². The standard InChI is InChI=1S/C29H31Cl3FN3O4S/c1-4-19(3)34-29(38)27(5-2)35(17-20-11-12-21(30)15-24(20)31)28(37)18-36(22-13-14-26(33)25(32)16-22)41(39,40)23-9-7-6-8-10-23/h6-16,19,27H,4-5,17-18H2,1-3H3,(H,34,38)/t19-,27+/m1/s1. The summed E-state index contributed by atoms with van der Waals surface area (Å²) in [4.78, 5) is 28.6. The molecule has 41 heavy (non-hydrogen) atoms. The van der Waals surface area contributed by atoms with Gasteiger partial charge in [-0.25, -0.2) is 12.8 Å². The monoisotopic (exact) mass is 641 g/mol. The summed E-state index contributed by atoms with van der Waals surface area (Å²) in [6.45, 7) is 4.73. The normalized spacial score (nSPS) is 12.9. The van der Waals surface area contributed by atoms with Crippen LogP contribution in [0.15, 0.2) is 71.6 Å². The predicted octanol–water partition coefficient (Wildman–Crippen LogP) is 6.70. The molecule has 7 nitrogen and oxygen atoms in total. The smallest absolute Gasteiger partial charge is 0.264 e. The van der Waals surface area contributed by atoms with Crippen LogP contribution in [0, 0.1) is 5.82 Å². The number of hydrogen-bond donors (Lipinski definition) is 1. The molecule has 3 rings (SSSR count). The van der Waals surface area contributed by atoms with Crippen molar-refractivity contribution in [3.8, 4) is 0 Å². The molecule has 0 aliphatic heterocycles. The van der Waals surface area contributed by atoms with E-state index in [2.05, 4.69) is 5.32 Å². The maximum atomic E-state index is 14.1. The van der Waals surface area contributed by atoms with E-state index in [0.717, 1.165) is 16.4 Å². The summed E-state index contributed by atoms with van der Waals surface area (Å²) < 4.78 is 42.5. The lowest BCUT2D eigenvalue weighted by molar-refractivity contribution is -0.140. The number of nitrogens with zero attached hydrogens (tertiary/aromatic N) is 2. The number of carbonyl (C=O) groups excluding carboxylic acids is 2. The Hall–Kier alpha value is -2.85. The maximum absolute atomic E-state index is 14.1. The van der Waals surface area contributed by atoms with Crippen LogP contribution in [0.25, 0.3) is 0 Å². The Labute approximate surface area is 255 Å². The van der Waals surface area contributed by atoms with Crippen LogP contribution < -0.4 is 9.62 Å². The van der Waals surface area contributed by atoms with Crippen LogP contribution in [0.1, 0.15) is 39.2 Å². The Kier molecular flexibility index (Phi) is 11.4. The van der Waals surface area contributed by atoms with Crippen LogP contribution in [0.2, 0.25) is 15.1 Å². The number of amides is 2.